The molecule has 0 fully saturated rings. The van der Waals surface area contributed by atoms with E-state index in [4.69, 9.17) is 11.6 Å². The molecule has 1 aromatic carbocycles. The van der Waals surface area contributed by atoms with Crippen LogP contribution in [0.5, 0.6) is 0 Å². The summed E-state index contributed by atoms with van der Waals surface area (Å²) in [4.78, 5) is 3.76. The average molecular weight is 389 g/mol. The van der Waals surface area contributed by atoms with E-state index in [-0.39, 0.29) is 22.3 Å². The van der Waals surface area contributed by atoms with Crippen LogP contribution in [-0.2, 0) is 22.6 Å². The molecule has 0 unspecified atom stereocenters. The first-order chi connectivity index (χ1) is 11.7. The summed E-state index contributed by atoms with van der Waals surface area (Å²) in [5.74, 6) is 0. The monoisotopic (exact) mass is 388 g/mol. The summed E-state index contributed by atoms with van der Waals surface area (Å²) in [5, 5.41) is -0.609. The predicted octanol–water partition coefficient (Wildman–Crippen LogP) is 4.51. The zero-order valence-corrected chi connectivity index (χ0v) is 14.5. The zero-order chi connectivity index (χ0) is 18.4. The van der Waals surface area contributed by atoms with Crippen molar-refractivity contribution < 1.29 is 21.6 Å². The van der Waals surface area contributed by atoms with Crippen molar-refractivity contribution in [3.8, 4) is 0 Å². The molecule has 0 bridgehead atoms. The fourth-order valence-electron chi connectivity index (χ4n) is 2.56. The van der Waals surface area contributed by atoms with E-state index in [1.54, 1.807) is 25.1 Å². The number of aryl methyl sites for hydroxylation is 1. The number of aromatic nitrogens is 2. The number of benzene rings is 1. The Bertz CT molecular complexity index is 1040. The van der Waals surface area contributed by atoms with E-state index in [0.29, 0.717) is 11.9 Å². The third-order valence-electron chi connectivity index (χ3n) is 3.74. The summed E-state index contributed by atoms with van der Waals surface area (Å²) in [5.41, 5.74) is -0.926. The van der Waals surface area contributed by atoms with Gasteiger partial charge in [0.1, 0.15) is 0 Å². The molecule has 2 heterocycles. The molecule has 0 radical (unpaired) electrons. The smallest absolute Gasteiger partial charge is 0.237 e. The standard InChI is InChI=1S/C16H12ClF3N2O2S/c1-2-10-8-12-14(17)13(16(18,19)20)9-21-15(12)22(10)25(23,24)11-6-4-3-5-7-11/h3-9H,2H2,1H3. The summed E-state index contributed by atoms with van der Waals surface area (Å²) in [6.45, 7) is 1.70. The number of hydrogen-bond donors (Lipinski definition) is 0. The van der Waals surface area contributed by atoms with Crippen molar-refractivity contribution in [2.45, 2.75) is 24.4 Å². The fraction of sp³-hybridized carbons (Fsp3) is 0.188. The Morgan fingerprint density at radius 3 is 2.40 bits per heavy atom. The fourth-order valence-corrected chi connectivity index (χ4v) is 4.43. The molecule has 9 heteroatoms. The molecule has 0 saturated carbocycles. The predicted molar refractivity (Wildman–Crippen MR) is 88.1 cm³/mol. The Kier molecular flexibility index (Phi) is 4.28. The topological polar surface area (TPSA) is 52.0 Å². The molecule has 4 nitrogen and oxygen atoms in total. The maximum Gasteiger partial charge on any atom is 0.419 e. The van der Waals surface area contributed by atoms with E-state index in [9.17, 15) is 21.6 Å². The Morgan fingerprint density at radius 1 is 1.20 bits per heavy atom. The first-order valence-corrected chi connectivity index (χ1v) is 9.06. The van der Waals surface area contributed by atoms with E-state index < -0.39 is 26.8 Å². The molecule has 132 valence electrons. The first kappa shape index (κ1) is 17.8. The Labute approximate surface area is 146 Å². The maximum atomic E-state index is 13.0. The Balaban J connectivity index is 2.35. The molecule has 0 aliphatic carbocycles. The third kappa shape index (κ3) is 2.89. The number of fused-ring (bicyclic) bond motifs is 1. The van der Waals surface area contributed by atoms with Crippen molar-refractivity contribution in [1.29, 1.82) is 0 Å². The molecular weight excluding hydrogens is 377 g/mol. The van der Waals surface area contributed by atoms with Gasteiger partial charge in [-0.3, -0.25) is 0 Å². The van der Waals surface area contributed by atoms with Crippen LogP contribution in [0, 0.1) is 0 Å². The van der Waals surface area contributed by atoms with Gasteiger partial charge in [0.05, 0.1) is 15.5 Å². The maximum absolute atomic E-state index is 13.0. The highest BCUT2D eigenvalue weighted by Crippen LogP contribution is 2.39. The van der Waals surface area contributed by atoms with Crippen LogP contribution in [0.3, 0.4) is 0 Å². The van der Waals surface area contributed by atoms with Crippen LogP contribution < -0.4 is 0 Å². The highest BCUT2D eigenvalue weighted by Gasteiger charge is 2.36. The van der Waals surface area contributed by atoms with Gasteiger partial charge in [-0.2, -0.15) is 13.2 Å². The quantitative estimate of drug-likeness (QED) is 0.663. The molecule has 0 atom stereocenters. The van der Waals surface area contributed by atoms with Crippen molar-refractivity contribution >= 4 is 32.7 Å². The minimum absolute atomic E-state index is 0.0139. The second-order valence-electron chi connectivity index (χ2n) is 5.29. The van der Waals surface area contributed by atoms with Crippen molar-refractivity contribution in [2.24, 2.45) is 0 Å². The number of pyridine rings is 1. The van der Waals surface area contributed by atoms with Gasteiger partial charge < -0.3 is 0 Å². The van der Waals surface area contributed by atoms with E-state index in [2.05, 4.69) is 4.98 Å². The van der Waals surface area contributed by atoms with E-state index in [1.165, 1.54) is 18.2 Å². The third-order valence-corrected chi connectivity index (χ3v) is 5.91. The highest BCUT2D eigenvalue weighted by molar-refractivity contribution is 7.90. The largest absolute Gasteiger partial charge is 0.419 e. The molecular formula is C16H12ClF3N2O2S. The lowest BCUT2D eigenvalue weighted by molar-refractivity contribution is -0.137. The van der Waals surface area contributed by atoms with Crippen LogP contribution in [-0.4, -0.2) is 17.4 Å². The second kappa shape index (κ2) is 6.03. The lowest BCUT2D eigenvalue weighted by atomic mass is 10.2. The van der Waals surface area contributed by atoms with Gasteiger partial charge in [-0.05, 0) is 24.6 Å². The van der Waals surface area contributed by atoms with Crippen LogP contribution in [0.1, 0.15) is 18.2 Å². The summed E-state index contributed by atoms with van der Waals surface area (Å²) in [7, 11) is -4.02. The number of alkyl halides is 3. The molecule has 0 aliphatic heterocycles. The molecule has 0 amide bonds. The second-order valence-corrected chi connectivity index (χ2v) is 7.46. The summed E-state index contributed by atoms with van der Waals surface area (Å²) >= 11 is 5.90. The highest BCUT2D eigenvalue weighted by atomic mass is 35.5. The molecule has 2 aromatic heterocycles. The van der Waals surface area contributed by atoms with Crippen molar-refractivity contribution in [1.82, 2.24) is 8.96 Å². The van der Waals surface area contributed by atoms with Crippen LogP contribution in [0.15, 0.2) is 47.5 Å². The zero-order valence-electron chi connectivity index (χ0n) is 12.9. The van der Waals surface area contributed by atoms with Gasteiger partial charge in [-0.1, -0.05) is 36.7 Å². The lowest BCUT2D eigenvalue weighted by Gasteiger charge is -2.12. The van der Waals surface area contributed by atoms with Gasteiger partial charge in [-0.15, -0.1) is 0 Å². The number of nitrogens with zero attached hydrogens (tertiary/aromatic N) is 2. The van der Waals surface area contributed by atoms with Gasteiger partial charge in [0, 0.05) is 17.3 Å². The summed E-state index contributed by atoms with van der Waals surface area (Å²) in [6.07, 6.45) is -3.84. The van der Waals surface area contributed by atoms with Gasteiger partial charge in [0.15, 0.2) is 5.65 Å². The normalized spacial score (nSPS) is 12.7. The van der Waals surface area contributed by atoms with Gasteiger partial charge in [0.2, 0.25) is 0 Å². The SMILES string of the molecule is CCc1cc2c(Cl)c(C(F)(F)F)cnc2n1S(=O)(=O)c1ccccc1. The minimum atomic E-state index is -4.68. The molecule has 3 rings (SSSR count). The van der Waals surface area contributed by atoms with Crippen LogP contribution in [0.4, 0.5) is 13.2 Å². The van der Waals surface area contributed by atoms with E-state index in [0.717, 1.165) is 3.97 Å². The van der Waals surface area contributed by atoms with Crippen LogP contribution >= 0.6 is 11.6 Å². The van der Waals surface area contributed by atoms with Crippen molar-refractivity contribution in [3.05, 3.63) is 58.9 Å². The molecule has 25 heavy (non-hydrogen) atoms. The van der Waals surface area contributed by atoms with Crippen LogP contribution in [0.2, 0.25) is 5.02 Å². The molecule has 0 saturated heterocycles. The van der Waals surface area contributed by atoms with Gasteiger partial charge in [0.25, 0.3) is 10.0 Å². The number of hydrogen-bond acceptors (Lipinski definition) is 3. The molecule has 3 aromatic rings. The Hall–Kier alpha value is -2.06. The van der Waals surface area contributed by atoms with Crippen LogP contribution in [0.25, 0.3) is 11.0 Å². The van der Waals surface area contributed by atoms with E-state index in [1.807, 2.05) is 0 Å². The minimum Gasteiger partial charge on any atom is -0.237 e. The van der Waals surface area contributed by atoms with Crippen molar-refractivity contribution in [2.75, 3.05) is 0 Å². The van der Waals surface area contributed by atoms with Crippen molar-refractivity contribution in [3.63, 3.8) is 0 Å². The molecule has 0 aliphatic rings. The number of halogens is 4. The molecule has 0 N–H and O–H groups in total. The molecule has 0 spiro atoms. The lowest BCUT2D eigenvalue weighted by Crippen LogP contribution is -2.16. The van der Waals surface area contributed by atoms with Gasteiger partial charge >= 0.3 is 6.18 Å². The Morgan fingerprint density at radius 2 is 1.84 bits per heavy atom. The van der Waals surface area contributed by atoms with Gasteiger partial charge in [-0.25, -0.2) is 17.4 Å². The van der Waals surface area contributed by atoms with E-state index >= 15 is 0 Å². The number of rotatable bonds is 3. The average Bonchev–Trinajstić information content (AvgIpc) is 2.95. The summed E-state index contributed by atoms with van der Waals surface area (Å²) < 4.78 is 65.9. The summed E-state index contributed by atoms with van der Waals surface area (Å²) in [6, 6.07) is 8.94. The first-order valence-electron chi connectivity index (χ1n) is 7.24.